The summed E-state index contributed by atoms with van der Waals surface area (Å²) in [6, 6.07) is 15.1. The van der Waals surface area contributed by atoms with Crippen molar-refractivity contribution in [1.29, 1.82) is 0 Å². The summed E-state index contributed by atoms with van der Waals surface area (Å²) in [5.41, 5.74) is 2.78. The second kappa shape index (κ2) is 11.8. The smallest absolute Gasteiger partial charge is 0.224 e. The van der Waals surface area contributed by atoms with Crippen molar-refractivity contribution in [2.45, 2.75) is 18.9 Å². The lowest BCUT2D eigenvalue weighted by molar-refractivity contribution is -0.126. The Morgan fingerprint density at radius 3 is 2.53 bits per heavy atom. The van der Waals surface area contributed by atoms with Gasteiger partial charge in [-0.3, -0.25) is 19.7 Å². The molecule has 7 heteroatoms. The Morgan fingerprint density at radius 2 is 1.88 bits per heavy atom. The van der Waals surface area contributed by atoms with E-state index in [2.05, 4.69) is 32.3 Å². The Labute approximate surface area is 205 Å². The second-order valence-electron chi connectivity index (χ2n) is 8.37. The molecule has 1 aromatic heterocycles. The molecule has 0 bridgehead atoms. The fourth-order valence-corrected chi connectivity index (χ4v) is 4.26. The molecule has 3 aromatic rings. The zero-order valence-electron chi connectivity index (χ0n) is 19.2. The first-order chi connectivity index (χ1) is 16.6. The number of rotatable bonds is 8. The Bertz CT molecular complexity index is 1080. The molecule has 6 nitrogen and oxygen atoms in total. The minimum absolute atomic E-state index is 0.0201. The van der Waals surface area contributed by atoms with Gasteiger partial charge in [0.05, 0.1) is 25.0 Å². The van der Waals surface area contributed by atoms with Crippen LogP contribution in [0.5, 0.6) is 5.75 Å². The van der Waals surface area contributed by atoms with Crippen LogP contribution in [0.4, 0.5) is 0 Å². The predicted molar refractivity (Wildman–Crippen MR) is 135 cm³/mol. The van der Waals surface area contributed by atoms with Gasteiger partial charge in [0, 0.05) is 29.9 Å². The van der Waals surface area contributed by atoms with Crippen LogP contribution in [0.1, 0.15) is 35.7 Å². The molecule has 0 radical (unpaired) electrons. The van der Waals surface area contributed by atoms with Crippen LogP contribution in [0.2, 0.25) is 5.02 Å². The van der Waals surface area contributed by atoms with Crippen molar-refractivity contribution < 1.29 is 9.53 Å². The molecule has 1 atom stereocenters. The summed E-state index contributed by atoms with van der Waals surface area (Å²) in [6.45, 7) is 2.65. The average molecular weight is 477 g/mol. The van der Waals surface area contributed by atoms with E-state index in [9.17, 15) is 4.79 Å². The Balaban J connectivity index is 1.31. The van der Waals surface area contributed by atoms with Gasteiger partial charge in [-0.1, -0.05) is 48.0 Å². The highest BCUT2D eigenvalue weighted by Gasteiger charge is 2.27. The normalized spacial score (nSPS) is 15.8. The summed E-state index contributed by atoms with van der Waals surface area (Å²) >= 11 is 6.06. The van der Waals surface area contributed by atoms with Gasteiger partial charge in [0.15, 0.2) is 0 Å². The van der Waals surface area contributed by atoms with Gasteiger partial charge >= 0.3 is 0 Å². The van der Waals surface area contributed by atoms with Gasteiger partial charge in [-0.25, -0.2) is 0 Å². The highest BCUT2D eigenvalue weighted by Crippen LogP contribution is 2.24. The van der Waals surface area contributed by atoms with Crippen molar-refractivity contribution in [3.8, 4) is 5.75 Å². The number of amides is 1. The maximum Gasteiger partial charge on any atom is 0.224 e. The first kappa shape index (κ1) is 23.9. The van der Waals surface area contributed by atoms with Crippen LogP contribution in [0.15, 0.2) is 73.2 Å². The summed E-state index contributed by atoms with van der Waals surface area (Å²) in [5.74, 6) is 0.891. The van der Waals surface area contributed by atoms with E-state index in [0.29, 0.717) is 10.7 Å². The van der Waals surface area contributed by atoms with Gasteiger partial charge in [0.1, 0.15) is 5.75 Å². The van der Waals surface area contributed by atoms with Crippen molar-refractivity contribution >= 4 is 23.6 Å². The highest BCUT2D eigenvalue weighted by atomic mass is 35.5. The number of nitrogens with zero attached hydrogens (tertiary/aromatic N) is 3. The van der Waals surface area contributed by atoms with Crippen molar-refractivity contribution in [3.05, 3.63) is 95.0 Å². The average Bonchev–Trinajstić information content (AvgIpc) is 2.89. The molecule has 1 amide bonds. The molecule has 1 fully saturated rings. The van der Waals surface area contributed by atoms with Crippen LogP contribution in [0, 0.1) is 5.92 Å². The van der Waals surface area contributed by atoms with Crippen molar-refractivity contribution in [2.24, 2.45) is 5.92 Å². The number of carbonyl (C=O) groups is 1. The predicted octanol–water partition coefficient (Wildman–Crippen LogP) is 4.77. The molecule has 1 unspecified atom stereocenters. The number of halogens is 1. The van der Waals surface area contributed by atoms with E-state index < -0.39 is 0 Å². The van der Waals surface area contributed by atoms with Gasteiger partial charge in [-0.15, -0.1) is 0 Å². The zero-order chi connectivity index (χ0) is 23.8. The Kier molecular flexibility index (Phi) is 8.28. The van der Waals surface area contributed by atoms with E-state index in [1.807, 2.05) is 48.5 Å². The summed E-state index contributed by atoms with van der Waals surface area (Å²) in [7, 11) is 1.67. The third-order valence-electron chi connectivity index (χ3n) is 6.12. The van der Waals surface area contributed by atoms with Crippen LogP contribution in [-0.4, -0.2) is 47.5 Å². The van der Waals surface area contributed by atoms with Gasteiger partial charge in [0.2, 0.25) is 5.91 Å². The molecule has 2 heterocycles. The standard InChI is InChI=1S/C27H29ClN4O2/c1-34-24-10-4-20(5-11-24)3-2-16-32-17-12-22(13-18-32)27(33)31-26(25-19-29-14-15-30-25)21-6-8-23(28)9-7-21/h2-11,14-15,19,22,26H,12-13,16-18H2,1H3,(H,31,33)/b3-2+. The Hall–Kier alpha value is -3.22. The van der Waals surface area contributed by atoms with Crippen LogP contribution < -0.4 is 10.1 Å². The van der Waals surface area contributed by atoms with Gasteiger partial charge < -0.3 is 10.1 Å². The number of piperidine rings is 1. The molecule has 34 heavy (non-hydrogen) atoms. The third-order valence-corrected chi connectivity index (χ3v) is 6.37. The number of likely N-dealkylation sites (tertiary alicyclic amines) is 1. The molecule has 1 N–H and O–H groups in total. The first-order valence-corrected chi connectivity index (χ1v) is 11.8. The maximum absolute atomic E-state index is 13.2. The van der Waals surface area contributed by atoms with E-state index in [1.165, 1.54) is 0 Å². The van der Waals surface area contributed by atoms with Crippen molar-refractivity contribution in [3.63, 3.8) is 0 Å². The molecular formula is C27H29ClN4O2. The summed E-state index contributed by atoms with van der Waals surface area (Å²) in [6.07, 6.45) is 10.9. The van der Waals surface area contributed by atoms with Crippen molar-refractivity contribution in [1.82, 2.24) is 20.2 Å². The molecule has 0 aliphatic carbocycles. The first-order valence-electron chi connectivity index (χ1n) is 11.5. The number of carbonyl (C=O) groups excluding carboxylic acids is 1. The minimum Gasteiger partial charge on any atom is -0.497 e. The van der Waals surface area contributed by atoms with Crippen LogP contribution in [-0.2, 0) is 4.79 Å². The maximum atomic E-state index is 13.2. The lowest BCUT2D eigenvalue weighted by atomic mass is 9.94. The van der Waals surface area contributed by atoms with Gasteiger partial charge in [0.25, 0.3) is 0 Å². The molecule has 4 rings (SSSR count). The number of hydrogen-bond donors (Lipinski definition) is 1. The monoisotopic (exact) mass is 476 g/mol. The van der Waals surface area contributed by atoms with E-state index in [-0.39, 0.29) is 17.9 Å². The van der Waals surface area contributed by atoms with E-state index in [0.717, 1.165) is 49.4 Å². The van der Waals surface area contributed by atoms with Gasteiger partial charge in [-0.05, 0) is 61.3 Å². The number of aromatic nitrogens is 2. The number of methoxy groups -OCH3 is 1. The van der Waals surface area contributed by atoms with Gasteiger partial charge in [-0.2, -0.15) is 0 Å². The minimum atomic E-state index is -0.357. The van der Waals surface area contributed by atoms with E-state index in [4.69, 9.17) is 16.3 Å². The molecule has 1 aliphatic rings. The molecule has 176 valence electrons. The van der Waals surface area contributed by atoms with Crippen molar-refractivity contribution in [2.75, 3.05) is 26.7 Å². The largest absolute Gasteiger partial charge is 0.497 e. The molecular weight excluding hydrogens is 448 g/mol. The molecule has 1 saturated heterocycles. The quantitative estimate of drug-likeness (QED) is 0.507. The lowest BCUT2D eigenvalue weighted by Crippen LogP contribution is -2.42. The molecule has 2 aromatic carbocycles. The third kappa shape index (κ3) is 6.43. The molecule has 1 aliphatic heterocycles. The second-order valence-corrected chi connectivity index (χ2v) is 8.81. The number of ether oxygens (including phenoxy) is 1. The highest BCUT2D eigenvalue weighted by molar-refractivity contribution is 6.30. The SMILES string of the molecule is COc1ccc(/C=C/CN2CCC(C(=O)NC(c3ccc(Cl)cc3)c3cnccn3)CC2)cc1. The number of benzene rings is 2. The molecule has 0 spiro atoms. The lowest BCUT2D eigenvalue weighted by Gasteiger charge is -2.31. The van der Waals surface area contributed by atoms with Crippen LogP contribution >= 0.6 is 11.6 Å². The zero-order valence-corrected chi connectivity index (χ0v) is 20.0. The summed E-state index contributed by atoms with van der Waals surface area (Å²) < 4.78 is 5.20. The van der Waals surface area contributed by atoms with E-state index >= 15 is 0 Å². The van der Waals surface area contributed by atoms with Crippen LogP contribution in [0.25, 0.3) is 6.08 Å². The molecule has 0 saturated carbocycles. The Morgan fingerprint density at radius 1 is 1.15 bits per heavy atom. The summed E-state index contributed by atoms with van der Waals surface area (Å²) in [4.78, 5) is 24.1. The number of hydrogen-bond acceptors (Lipinski definition) is 5. The fourth-order valence-electron chi connectivity index (χ4n) is 4.13. The van der Waals surface area contributed by atoms with Crippen LogP contribution in [0.3, 0.4) is 0 Å². The van der Waals surface area contributed by atoms with E-state index in [1.54, 1.807) is 25.7 Å². The topological polar surface area (TPSA) is 67.3 Å². The summed E-state index contributed by atoms with van der Waals surface area (Å²) in [5, 5.41) is 3.85. The fraction of sp³-hybridized carbons (Fsp3) is 0.296. The number of nitrogens with one attached hydrogen (secondary N) is 1.